The van der Waals surface area contributed by atoms with Gasteiger partial charge < -0.3 is 5.32 Å². The number of amides is 1. The van der Waals surface area contributed by atoms with E-state index in [0.29, 0.717) is 0 Å². The van der Waals surface area contributed by atoms with E-state index in [4.69, 9.17) is 0 Å². The molecule has 0 saturated heterocycles. The minimum Gasteiger partial charge on any atom is -0.341 e. The van der Waals surface area contributed by atoms with Crippen LogP contribution in [0.2, 0.25) is 0 Å². The molecule has 6 heteroatoms. The Balaban J connectivity index is 1.99. The van der Waals surface area contributed by atoms with E-state index >= 15 is 0 Å². The summed E-state index contributed by atoms with van der Waals surface area (Å²) < 4.78 is 25.7. The van der Waals surface area contributed by atoms with Crippen molar-refractivity contribution < 1.29 is 13.2 Å². The van der Waals surface area contributed by atoms with Gasteiger partial charge in [0.05, 0.1) is 23.5 Å². The topological polar surface area (TPSA) is 75.3 Å². The largest absolute Gasteiger partial charge is 0.341 e. The number of hydrogen-bond acceptors (Lipinski definition) is 3. The van der Waals surface area contributed by atoms with E-state index < -0.39 is 10.0 Å². The van der Waals surface area contributed by atoms with Crippen LogP contribution in [0.1, 0.15) is 33.1 Å². The molecule has 0 radical (unpaired) electrons. The van der Waals surface area contributed by atoms with E-state index in [1.807, 2.05) is 61.5 Å². The van der Waals surface area contributed by atoms with E-state index in [2.05, 4.69) is 10.0 Å². The maximum Gasteiger partial charge on any atom is 0.254 e. The number of benzene rings is 3. The normalized spacial score (nSPS) is 12.2. The van der Waals surface area contributed by atoms with Crippen LogP contribution in [0.4, 0.5) is 5.69 Å². The van der Waals surface area contributed by atoms with Crippen LogP contribution in [-0.4, -0.2) is 20.6 Å². The molecule has 3 aromatic rings. The number of anilines is 1. The lowest BCUT2D eigenvalue weighted by molar-refractivity contribution is 0.0944. The summed E-state index contributed by atoms with van der Waals surface area (Å²) >= 11 is 0. The summed E-state index contributed by atoms with van der Waals surface area (Å²) in [5, 5.41) is 3.06. The average Bonchev–Trinajstić information content (AvgIpc) is 2.66. The Hall–Kier alpha value is -3.12. The Morgan fingerprint density at radius 2 is 1.46 bits per heavy atom. The van der Waals surface area contributed by atoms with Crippen molar-refractivity contribution in [2.24, 2.45) is 0 Å². The van der Waals surface area contributed by atoms with Crippen LogP contribution < -0.4 is 10.0 Å². The number of aryl methyl sites for hydroxylation is 1. The molecule has 0 bridgehead atoms. The highest BCUT2D eigenvalue weighted by Gasteiger charge is 2.21. The van der Waals surface area contributed by atoms with Gasteiger partial charge in [0.1, 0.15) is 0 Å². The van der Waals surface area contributed by atoms with Crippen molar-refractivity contribution in [2.75, 3.05) is 11.0 Å². The summed E-state index contributed by atoms with van der Waals surface area (Å²) in [5.41, 5.74) is 3.50. The molecule has 28 heavy (non-hydrogen) atoms. The lowest BCUT2D eigenvalue weighted by Crippen LogP contribution is -2.30. The van der Waals surface area contributed by atoms with Gasteiger partial charge in [-0.2, -0.15) is 0 Å². The van der Waals surface area contributed by atoms with Crippen LogP contribution >= 0.6 is 0 Å². The van der Waals surface area contributed by atoms with Gasteiger partial charge in [-0.05, 0) is 35.7 Å². The Kier molecular flexibility index (Phi) is 5.80. The molecule has 0 fully saturated rings. The van der Waals surface area contributed by atoms with Gasteiger partial charge in [-0.15, -0.1) is 0 Å². The standard InChI is InChI=1S/C22H22N2O3S/c1-16-10-6-7-13-18(16)21(17-11-4-3-5-12-17)23-22(25)19-14-8-9-15-20(19)24-28(2,26)27/h3-15,21,24H,1-2H3,(H,23,25). The smallest absolute Gasteiger partial charge is 0.254 e. The lowest BCUT2D eigenvalue weighted by atomic mass is 9.94. The summed E-state index contributed by atoms with van der Waals surface area (Å²) in [6, 6.07) is 23.7. The summed E-state index contributed by atoms with van der Waals surface area (Å²) in [5.74, 6) is -0.358. The lowest BCUT2D eigenvalue weighted by Gasteiger charge is -2.22. The molecule has 0 aliphatic rings. The van der Waals surface area contributed by atoms with Crippen LogP contribution in [0.3, 0.4) is 0 Å². The molecule has 3 aromatic carbocycles. The van der Waals surface area contributed by atoms with Crippen molar-refractivity contribution in [3.8, 4) is 0 Å². The molecule has 0 aromatic heterocycles. The molecule has 0 aliphatic carbocycles. The summed E-state index contributed by atoms with van der Waals surface area (Å²) in [7, 11) is -3.50. The molecule has 0 spiro atoms. The number of carbonyl (C=O) groups is 1. The number of rotatable bonds is 6. The molecule has 1 unspecified atom stereocenters. The summed E-state index contributed by atoms with van der Waals surface area (Å²) in [6.45, 7) is 2.00. The zero-order valence-electron chi connectivity index (χ0n) is 15.7. The van der Waals surface area contributed by atoms with Crippen molar-refractivity contribution in [2.45, 2.75) is 13.0 Å². The Morgan fingerprint density at radius 1 is 0.857 bits per heavy atom. The van der Waals surface area contributed by atoms with Crippen LogP contribution in [0.5, 0.6) is 0 Å². The second kappa shape index (κ2) is 8.27. The van der Waals surface area contributed by atoms with E-state index in [1.54, 1.807) is 24.3 Å². The Labute approximate surface area is 165 Å². The molecule has 0 saturated carbocycles. The van der Waals surface area contributed by atoms with Gasteiger partial charge in [-0.25, -0.2) is 8.42 Å². The van der Waals surface area contributed by atoms with Crippen molar-refractivity contribution >= 4 is 21.6 Å². The zero-order valence-corrected chi connectivity index (χ0v) is 16.5. The van der Waals surface area contributed by atoms with E-state index in [0.717, 1.165) is 22.9 Å². The summed E-state index contributed by atoms with van der Waals surface area (Å²) in [4.78, 5) is 13.1. The Bertz CT molecular complexity index is 1080. The van der Waals surface area contributed by atoms with Gasteiger partial charge in [0, 0.05) is 0 Å². The third-order valence-corrected chi connectivity index (χ3v) is 4.97. The third-order valence-electron chi connectivity index (χ3n) is 4.37. The van der Waals surface area contributed by atoms with Gasteiger partial charge >= 0.3 is 0 Å². The first-order valence-electron chi connectivity index (χ1n) is 8.83. The van der Waals surface area contributed by atoms with Gasteiger partial charge in [0.15, 0.2) is 0 Å². The first kappa shape index (κ1) is 19.6. The molecule has 1 amide bonds. The van der Waals surface area contributed by atoms with Gasteiger partial charge in [0.25, 0.3) is 5.91 Å². The van der Waals surface area contributed by atoms with Crippen LogP contribution in [0.15, 0.2) is 78.9 Å². The van der Waals surface area contributed by atoms with Gasteiger partial charge in [-0.1, -0.05) is 66.7 Å². The molecule has 0 aliphatic heterocycles. The number of nitrogens with one attached hydrogen (secondary N) is 2. The maximum atomic E-state index is 13.1. The molecule has 144 valence electrons. The van der Waals surface area contributed by atoms with Crippen molar-refractivity contribution in [1.29, 1.82) is 0 Å². The fourth-order valence-electron chi connectivity index (χ4n) is 3.08. The van der Waals surface area contributed by atoms with Crippen LogP contribution in [0, 0.1) is 6.92 Å². The zero-order chi connectivity index (χ0) is 20.1. The SMILES string of the molecule is Cc1ccccc1C(NC(=O)c1ccccc1NS(C)(=O)=O)c1ccccc1. The quantitative estimate of drug-likeness (QED) is 0.666. The number of para-hydroxylation sites is 1. The minimum absolute atomic E-state index is 0.249. The predicted molar refractivity (Wildman–Crippen MR) is 112 cm³/mol. The van der Waals surface area contributed by atoms with E-state index in [9.17, 15) is 13.2 Å². The van der Waals surface area contributed by atoms with Gasteiger partial charge in [-0.3, -0.25) is 9.52 Å². The predicted octanol–water partition coefficient (Wildman–Crippen LogP) is 3.89. The fraction of sp³-hybridized carbons (Fsp3) is 0.136. The first-order chi connectivity index (χ1) is 13.3. The fourth-order valence-corrected chi connectivity index (χ4v) is 3.65. The van der Waals surface area contributed by atoms with Crippen molar-refractivity contribution in [1.82, 2.24) is 5.32 Å². The second-order valence-electron chi connectivity index (χ2n) is 6.59. The highest BCUT2D eigenvalue weighted by atomic mass is 32.2. The average molecular weight is 394 g/mol. The van der Waals surface area contributed by atoms with Crippen LogP contribution in [0.25, 0.3) is 0 Å². The second-order valence-corrected chi connectivity index (χ2v) is 8.34. The molecule has 0 heterocycles. The first-order valence-corrected chi connectivity index (χ1v) is 10.7. The summed E-state index contributed by atoms with van der Waals surface area (Å²) in [6.07, 6.45) is 1.06. The van der Waals surface area contributed by atoms with Gasteiger partial charge in [0.2, 0.25) is 10.0 Å². The third kappa shape index (κ3) is 4.78. The molecule has 5 nitrogen and oxygen atoms in total. The minimum atomic E-state index is -3.50. The molecule has 2 N–H and O–H groups in total. The monoisotopic (exact) mass is 394 g/mol. The maximum absolute atomic E-state index is 13.1. The molecular weight excluding hydrogens is 372 g/mol. The van der Waals surface area contributed by atoms with E-state index in [1.165, 1.54) is 0 Å². The Morgan fingerprint density at radius 3 is 2.14 bits per heavy atom. The van der Waals surface area contributed by atoms with Crippen molar-refractivity contribution in [3.63, 3.8) is 0 Å². The number of sulfonamides is 1. The molecule has 3 rings (SSSR count). The number of hydrogen-bond donors (Lipinski definition) is 2. The molecular formula is C22H22N2O3S. The molecule has 1 atom stereocenters. The van der Waals surface area contributed by atoms with Crippen molar-refractivity contribution in [3.05, 3.63) is 101 Å². The highest BCUT2D eigenvalue weighted by Crippen LogP contribution is 2.26. The van der Waals surface area contributed by atoms with E-state index in [-0.39, 0.29) is 23.2 Å². The number of carbonyl (C=O) groups excluding carboxylic acids is 1. The highest BCUT2D eigenvalue weighted by molar-refractivity contribution is 7.92. The van der Waals surface area contributed by atoms with Crippen LogP contribution in [-0.2, 0) is 10.0 Å².